The molecule has 0 aromatic heterocycles. The summed E-state index contributed by atoms with van der Waals surface area (Å²) in [6.07, 6.45) is -2.73. The van der Waals surface area contributed by atoms with Crippen LogP contribution < -0.4 is 5.32 Å². The van der Waals surface area contributed by atoms with Crippen molar-refractivity contribution in [1.29, 1.82) is 0 Å². The van der Waals surface area contributed by atoms with Crippen molar-refractivity contribution in [2.24, 2.45) is 0 Å². The highest BCUT2D eigenvalue weighted by atomic mass is 19.4. The van der Waals surface area contributed by atoms with Crippen molar-refractivity contribution >= 4 is 11.9 Å². The molecule has 1 aliphatic heterocycles. The molecule has 0 radical (unpaired) electrons. The number of hydrogen-bond acceptors (Lipinski definition) is 3. The summed E-state index contributed by atoms with van der Waals surface area (Å²) >= 11 is 0. The van der Waals surface area contributed by atoms with Gasteiger partial charge in [0.05, 0.1) is 12.2 Å². The van der Waals surface area contributed by atoms with Crippen molar-refractivity contribution in [2.75, 3.05) is 26.2 Å². The first kappa shape index (κ1) is 17.8. The van der Waals surface area contributed by atoms with Crippen molar-refractivity contribution in [3.05, 3.63) is 0 Å². The summed E-state index contributed by atoms with van der Waals surface area (Å²) in [6.45, 7) is 2.30. The van der Waals surface area contributed by atoms with Gasteiger partial charge in [-0.15, -0.1) is 0 Å². The van der Waals surface area contributed by atoms with Gasteiger partial charge in [-0.25, -0.2) is 4.79 Å². The predicted octanol–water partition coefficient (Wildman–Crippen LogP) is 1.36. The smallest absolute Gasteiger partial charge is 0.375 e. The van der Waals surface area contributed by atoms with Gasteiger partial charge in [-0.05, 0) is 26.7 Å². The van der Waals surface area contributed by atoms with E-state index in [0.717, 1.165) is 4.90 Å². The molecular formula is C14H22F3N3O3. The Bertz CT molecular complexity index is 450. The number of rotatable bonds is 4. The molecule has 2 fully saturated rings. The Morgan fingerprint density at radius 1 is 1.35 bits per heavy atom. The van der Waals surface area contributed by atoms with E-state index in [-0.39, 0.29) is 37.9 Å². The Kier molecular flexibility index (Phi) is 5.38. The maximum Gasteiger partial charge on any atom is 0.406 e. The predicted molar refractivity (Wildman–Crippen MR) is 75.8 cm³/mol. The van der Waals surface area contributed by atoms with Crippen LogP contribution in [0.1, 0.15) is 26.7 Å². The molecule has 9 heteroatoms. The van der Waals surface area contributed by atoms with E-state index >= 15 is 0 Å². The van der Waals surface area contributed by atoms with Crippen molar-refractivity contribution in [2.45, 2.75) is 51.1 Å². The molecule has 0 unspecified atom stereocenters. The van der Waals surface area contributed by atoms with Crippen LogP contribution in [-0.4, -0.2) is 72.3 Å². The molecule has 0 bridgehead atoms. The molecule has 1 aliphatic carbocycles. The van der Waals surface area contributed by atoms with E-state index in [4.69, 9.17) is 4.74 Å². The Morgan fingerprint density at radius 2 is 2.00 bits per heavy atom. The molecule has 1 N–H and O–H groups in total. The Balaban J connectivity index is 1.72. The fourth-order valence-corrected chi connectivity index (χ4v) is 2.71. The lowest BCUT2D eigenvalue weighted by Crippen LogP contribution is -2.59. The maximum atomic E-state index is 12.3. The Morgan fingerprint density at radius 3 is 2.52 bits per heavy atom. The van der Waals surface area contributed by atoms with E-state index in [2.05, 4.69) is 5.32 Å². The standard InChI is InChI=1S/C14H22F3N3O3/c1-9(2)23-11-5-10(6-11)18-13(22)19-3-4-20(12(21)7-19)8-14(15,16)17/h9-11H,3-8H2,1-2H3,(H,18,22). The van der Waals surface area contributed by atoms with Crippen molar-refractivity contribution in [3.63, 3.8) is 0 Å². The van der Waals surface area contributed by atoms with Crippen LogP contribution in [0.2, 0.25) is 0 Å². The van der Waals surface area contributed by atoms with Crippen molar-refractivity contribution in [1.82, 2.24) is 15.1 Å². The van der Waals surface area contributed by atoms with E-state index in [9.17, 15) is 22.8 Å². The number of carbonyl (C=O) groups excluding carboxylic acids is 2. The number of amides is 3. The second-order valence-electron chi connectivity index (χ2n) is 6.28. The molecule has 132 valence electrons. The highest BCUT2D eigenvalue weighted by Gasteiger charge is 2.37. The van der Waals surface area contributed by atoms with Crippen molar-refractivity contribution < 1.29 is 27.5 Å². The van der Waals surface area contributed by atoms with Gasteiger partial charge in [0.2, 0.25) is 5.91 Å². The quantitative estimate of drug-likeness (QED) is 0.843. The molecule has 23 heavy (non-hydrogen) atoms. The summed E-state index contributed by atoms with van der Waals surface area (Å²) in [5, 5.41) is 2.79. The summed E-state index contributed by atoms with van der Waals surface area (Å²) in [5.74, 6) is -0.682. The third-order valence-corrected chi connectivity index (χ3v) is 3.86. The molecule has 1 heterocycles. The molecule has 0 atom stereocenters. The average molecular weight is 337 g/mol. The maximum absolute atomic E-state index is 12.3. The lowest BCUT2D eigenvalue weighted by atomic mass is 9.89. The second-order valence-corrected chi connectivity index (χ2v) is 6.28. The number of nitrogens with zero attached hydrogens (tertiary/aromatic N) is 2. The molecule has 2 aliphatic rings. The molecule has 0 spiro atoms. The first-order valence-electron chi connectivity index (χ1n) is 7.69. The number of halogens is 3. The number of carbonyl (C=O) groups is 2. The molecule has 2 rings (SSSR count). The van der Waals surface area contributed by atoms with E-state index in [1.54, 1.807) is 0 Å². The molecule has 1 saturated carbocycles. The molecule has 1 saturated heterocycles. The van der Waals surface area contributed by atoms with E-state index in [0.29, 0.717) is 12.8 Å². The summed E-state index contributed by atoms with van der Waals surface area (Å²) in [7, 11) is 0. The van der Waals surface area contributed by atoms with Gasteiger partial charge in [0.15, 0.2) is 0 Å². The fourth-order valence-electron chi connectivity index (χ4n) is 2.71. The number of alkyl halides is 3. The van der Waals surface area contributed by atoms with E-state index < -0.39 is 24.7 Å². The molecule has 0 aromatic rings. The van der Waals surface area contributed by atoms with Crippen LogP contribution >= 0.6 is 0 Å². The number of ether oxygens (including phenoxy) is 1. The lowest BCUT2D eigenvalue weighted by Gasteiger charge is -2.39. The Hall–Kier alpha value is -1.51. The zero-order valence-corrected chi connectivity index (χ0v) is 13.2. The molecule has 3 amide bonds. The van der Waals surface area contributed by atoms with Gasteiger partial charge in [-0.3, -0.25) is 4.79 Å². The highest BCUT2D eigenvalue weighted by Crippen LogP contribution is 2.25. The minimum absolute atomic E-state index is 0.00504. The van der Waals surface area contributed by atoms with E-state index in [1.165, 1.54) is 4.90 Å². The fraction of sp³-hybridized carbons (Fsp3) is 0.857. The monoisotopic (exact) mass is 337 g/mol. The average Bonchev–Trinajstić information content (AvgIpc) is 2.36. The molecule has 0 aromatic carbocycles. The zero-order valence-electron chi connectivity index (χ0n) is 13.2. The third kappa shape index (κ3) is 5.26. The molecular weight excluding hydrogens is 315 g/mol. The summed E-state index contributed by atoms with van der Waals surface area (Å²) in [5.41, 5.74) is 0. The number of piperazine rings is 1. The first-order chi connectivity index (χ1) is 10.6. The van der Waals surface area contributed by atoms with Crippen LogP contribution in [0.15, 0.2) is 0 Å². The number of nitrogens with one attached hydrogen (secondary N) is 1. The largest absolute Gasteiger partial charge is 0.406 e. The van der Waals surface area contributed by atoms with Crippen LogP contribution in [-0.2, 0) is 9.53 Å². The minimum atomic E-state index is -4.42. The third-order valence-electron chi connectivity index (χ3n) is 3.86. The Labute approximate surface area is 132 Å². The van der Waals surface area contributed by atoms with Gasteiger partial charge < -0.3 is 19.9 Å². The highest BCUT2D eigenvalue weighted by molar-refractivity contribution is 5.85. The van der Waals surface area contributed by atoms with Crippen LogP contribution in [0, 0.1) is 0 Å². The summed E-state index contributed by atoms with van der Waals surface area (Å²) in [6, 6.07) is -0.410. The van der Waals surface area contributed by atoms with E-state index in [1.807, 2.05) is 13.8 Å². The van der Waals surface area contributed by atoms with Crippen LogP contribution in [0.5, 0.6) is 0 Å². The van der Waals surface area contributed by atoms with Gasteiger partial charge in [0, 0.05) is 19.1 Å². The summed E-state index contributed by atoms with van der Waals surface area (Å²) in [4.78, 5) is 25.8. The van der Waals surface area contributed by atoms with Crippen molar-refractivity contribution in [3.8, 4) is 0 Å². The molecule has 6 nitrogen and oxygen atoms in total. The second kappa shape index (κ2) is 6.94. The van der Waals surface area contributed by atoms with Crippen LogP contribution in [0.25, 0.3) is 0 Å². The van der Waals surface area contributed by atoms with Gasteiger partial charge in [-0.1, -0.05) is 0 Å². The zero-order chi connectivity index (χ0) is 17.2. The first-order valence-corrected chi connectivity index (χ1v) is 7.69. The lowest BCUT2D eigenvalue weighted by molar-refractivity contribution is -0.164. The SMILES string of the molecule is CC(C)OC1CC(NC(=O)N2CCN(CC(F)(F)F)C(=O)C2)C1. The summed E-state index contributed by atoms with van der Waals surface area (Å²) < 4.78 is 42.6. The normalized spacial score (nSPS) is 25.6. The van der Waals surface area contributed by atoms with Gasteiger partial charge in [0.25, 0.3) is 0 Å². The van der Waals surface area contributed by atoms with Crippen LogP contribution in [0.3, 0.4) is 0 Å². The topological polar surface area (TPSA) is 61.9 Å². The number of urea groups is 1. The van der Waals surface area contributed by atoms with Gasteiger partial charge in [-0.2, -0.15) is 13.2 Å². The van der Waals surface area contributed by atoms with Crippen LogP contribution in [0.4, 0.5) is 18.0 Å². The van der Waals surface area contributed by atoms with Gasteiger partial charge in [0.1, 0.15) is 13.1 Å². The van der Waals surface area contributed by atoms with Gasteiger partial charge >= 0.3 is 12.2 Å². The minimum Gasteiger partial charge on any atom is -0.375 e. The number of hydrogen-bond donors (Lipinski definition) is 1.